The van der Waals surface area contributed by atoms with Gasteiger partial charge in [-0.1, -0.05) is 11.6 Å². The van der Waals surface area contributed by atoms with Crippen LogP contribution in [0.2, 0.25) is 0 Å². The van der Waals surface area contributed by atoms with E-state index >= 15 is 0 Å². The number of rotatable bonds is 2. The Labute approximate surface area is 120 Å². The Bertz CT molecular complexity index is 643. The molecule has 104 valence electrons. The molecule has 1 aromatic rings. The second-order valence-electron chi connectivity index (χ2n) is 4.49. The Morgan fingerprint density at radius 3 is 2.74 bits per heavy atom. The average Bonchev–Trinajstić information content (AvgIpc) is 2.33. The van der Waals surface area contributed by atoms with Gasteiger partial charge >= 0.3 is 0 Å². The van der Waals surface area contributed by atoms with Gasteiger partial charge in [0.2, 0.25) is 10.0 Å². The van der Waals surface area contributed by atoms with Crippen molar-refractivity contribution in [2.75, 3.05) is 18.8 Å². The van der Waals surface area contributed by atoms with Crippen molar-refractivity contribution >= 4 is 31.6 Å². The third-order valence-electron chi connectivity index (χ3n) is 2.93. The Morgan fingerprint density at radius 2 is 2.11 bits per heavy atom. The summed E-state index contributed by atoms with van der Waals surface area (Å²) in [5.41, 5.74) is 6.75. The second kappa shape index (κ2) is 5.22. The van der Waals surface area contributed by atoms with E-state index in [-0.39, 0.29) is 21.6 Å². The Kier molecular flexibility index (Phi) is 3.98. The number of nitrogen functional groups attached to an aromatic ring is 1. The van der Waals surface area contributed by atoms with Crippen molar-refractivity contribution in [3.05, 3.63) is 34.1 Å². The number of sulfonamides is 1. The fraction of sp³-hybridized carbons (Fsp3) is 0.333. The van der Waals surface area contributed by atoms with E-state index in [2.05, 4.69) is 15.9 Å². The minimum Gasteiger partial charge on any atom is -0.399 e. The minimum atomic E-state index is -3.86. The van der Waals surface area contributed by atoms with Crippen LogP contribution >= 0.6 is 15.9 Å². The van der Waals surface area contributed by atoms with Gasteiger partial charge in [-0.05, 0) is 41.4 Å². The molecule has 0 aromatic heterocycles. The lowest BCUT2D eigenvalue weighted by Gasteiger charge is -2.25. The maximum absolute atomic E-state index is 14.0. The van der Waals surface area contributed by atoms with Crippen LogP contribution in [-0.2, 0) is 10.0 Å². The van der Waals surface area contributed by atoms with Gasteiger partial charge in [-0.3, -0.25) is 0 Å². The zero-order valence-electron chi connectivity index (χ0n) is 10.4. The first-order valence-electron chi connectivity index (χ1n) is 5.72. The first-order valence-corrected chi connectivity index (χ1v) is 7.96. The molecule has 0 saturated carbocycles. The van der Waals surface area contributed by atoms with E-state index < -0.39 is 15.8 Å². The van der Waals surface area contributed by atoms with Crippen LogP contribution in [0, 0.1) is 5.82 Å². The number of nitrogens with two attached hydrogens (primary N) is 1. The average molecular weight is 349 g/mol. The molecule has 7 heteroatoms. The van der Waals surface area contributed by atoms with Gasteiger partial charge in [0.25, 0.3) is 0 Å². The molecule has 1 aliphatic heterocycles. The smallest absolute Gasteiger partial charge is 0.246 e. The number of benzene rings is 1. The van der Waals surface area contributed by atoms with Gasteiger partial charge in [0.1, 0.15) is 4.90 Å². The zero-order valence-corrected chi connectivity index (χ0v) is 12.8. The largest absolute Gasteiger partial charge is 0.399 e. The maximum atomic E-state index is 14.0. The second-order valence-corrected chi connectivity index (χ2v) is 7.25. The number of halogens is 2. The SMILES string of the molecule is CC1=CCCN(S(=O)(=O)c2cc(N)cc(Br)c2F)C1. The third kappa shape index (κ3) is 2.82. The predicted octanol–water partition coefficient (Wildman–Crippen LogP) is 2.51. The lowest BCUT2D eigenvalue weighted by atomic mass is 10.2. The molecular weight excluding hydrogens is 335 g/mol. The molecule has 1 aliphatic rings. The van der Waals surface area contributed by atoms with Crippen molar-refractivity contribution in [2.24, 2.45) is 0 Å². The van der Waals surface area contributed by atoms with Gasteiger partial charge in [-0.25, -0.2) is 12.8 Å². The molecule has 0 unspecified atom stereocenters. The molecule has 0 bridgehead atoms. The Balaban J connectivity index is 2.48. The normalized spacial score (nSPS) is 17.3. The topological polar surface area (TPSA) is 63.4 Å². The highest BCUT2D eigenvalue weighted by atomic mass is 79.9. The van der Waals surface area contributed by atoms with Crippen LogP contribution in [0.25, 0.3) is 0 Å². The van der Waals surface area contributed by atoms with E-state index in [9.17, 15) is 12.8 Å². The van der Waals surface area contributed by atoms with Crippen molar-refractivity contribution < 1.29 is 12.8 Å². The quantitative estimate of drug-likeness (QED) is 0.659. The molecular formula is C12H14BrFN2O2S. The minimum absolute atomic E-state index is 0.0512. The molecule has 0 fully saturated rings. The summed E-state index contributed by atoms with van der Waals surface area (Å²) >= 11 is 2.98. The van der Waals surface area contributed by atoms with Crippen molar-refractivity contribution in [1.82, 2.24) is 4.31 Å². The summed E-state index contributed by atoms with van der Waals surface area (Å²) in [5, 5.41) is 0. The molecule has 4 nitrogen and oxygen atoms in total. The van der Waals surface area contributed by atoms with Crippen molar-refractivity contribution in [3.63, 3.8) is 0 Å². The van der Waals surface area contributed by atoms with Gasteiger partial charge in [-0.2, -0.15) is 4.31 Å². The molecule has 0 amide bonds. The molecule has 2 rings (SSSR count). The first kappa shape index (κ1) is 14.5. The molecule has 0 saturated heterocycles. The standard InChI is InChI=1S/C12H14BrFN2O2S/c1-8-3-2-4-16(7-8)19(17,18)11-6-9(15)5-10(13)12(11)14/h3,5-6H,2,4,7,15H2,1H3. The highest BCUT2D eigenvalue weighted by Gasteiger charge is 2.29. The fourth-order valence-electron chi connectivity index (χ4n) is 1.99. The monoisotopic (exact) mass is 348 g/mol. The number of hydrogen-bond acceptors (Lipinski definition) is 3. The van der Waals surface area contributed by atoms with Gasteiger partial charge in [-0.15, -0.1) is 0 Å². The maximum Gasteiger partial charge on any atom is 0.246 e. The van der Waals surface area contributed by atoms with E-state index in [0.717, 1.165) is 11.6 Å². The molecule has 0 aliphatic carbocycles. The van der Waals surface area contributed by atoms with Gasteiger partial charge in [0.05, 0.1) is 4.47 Å². The molecule has 0 spiro atoms. The van der Waals surface area contributed by atoms with Crippen LogP contribution in [0.15, 0.2) is 33.2 Å². The van der Waals surface area contributed by atoms with Crippen LogP contribution in [-0.4, -0.2) is 25.8 Å². The van der Waals surface area contributed by atoms with E-state index in [1.807, 2.05) is 13.0 Å². The summed E-state index contributed by atoms with van der Waals surface area (Å²) in [4.78, 5) is -0.380. The summed E-state index contributed by atoms with van der Waals surface area (Å²) in [6.45, 7) is 2.49. The van der Waals surface area contributed by atoms with Crippen LogP contribution < -0.4 is 5.73 Å². The molecule has 1 heterocycles. The summed E-state index contributed by atoms with van der Waals surface area (Å²) in [6, 6.07) is 2.50. The number of anilines is 1. The van der Waals surface area contributed by atoms with Crippen molar-refractivity contribution in [3.8, 4) is 0 Å². The highest BCUT2D eigenvalue weighted by molar-refractivity contribution is 9.10. The number of nitrogens with zero attached hydrogens (tertiary/aromatic N) is 1. The van der Waals surface area contributed by atoms with Crippen LogP contribution in [0.1, 0.15) is 13.3 Å². The fourth-order valence-corrected chi connectivity index (χ4v) is 4.22. The zero-order chi connectivity index (χ0) is 14.2. The van der Waals surface area contributed by atoms with Gasteiger partial charge in [0.15, 0.2) is 5.82 Å². The summed E-state index contributed by atoms with van der Waals surface area (Å²) in [6.07, 6.45) is 2.62. The van der Waals surface area contributed by atoms with E-state index in [1.165, 1.54) is 10.4 Å². The summed E-state index contributed by atoms with van der Waals surface area (Å²) in [7, 11) is -3.86. The lowest BCUT2D eigenvalue weighted by molar-refractivity contribution is 0.423. The van der Waals surface area contributed by atoms with E-state index in [0.29, 0.717) is 13.0 Å². The van der Waals surface area contributed by atoms with Crippen molar-refractivity contribution in [1.29, 1.82) is 0 Å². The molecule has 0 atom stereocenters. The summed E-state index contributed by atoms with van der Waals surface area (Å²) in [5.74, 6) is -0.804. The molecule has 0 radical (unpaired) electrons. The molecule has 2 N–H and O–H groups in total. The van der Waals surface area contributed by atoms with E-state index in [4.69, 9.17) is 5.73 Å². The number of hydrogen-bond donors (Lipinski definition) is 1. The van der Waals surface area contributed by atoms with Crippen LogP contribution in [0.3, 0.4) is 0 Å². The van der Waals surface area contributed by atoms with Gasteiger partial charge < -0.3 is 5.73 Å². The van der Waals surface area contributed by atoms with Gasteiger partial charge in [0, 0.05) is 18.8 Å². The van der Waals surface area contributed by atoms with Crippen LogP contribution in [0.4, 0.5) is 10.1 Å². The summed E-state index contributed by atoms with van der Waals surface area (Å²) < 4.78 is 40.2. The predicted molar refractivity (Wildman–Crippen MR) is 75.6 cm³/mol. The van der Waals surface area contributed by atoms with Crippen LogP contribution in [0.5, 0.6) is 0 Å². The Hall–Kier alpha value is -0.920. The first-order chi connectivity index (χ1) is 8.82. The lowest BCUT2D eigenvalue weighted by Crippen LogP contribution is -2.35. The molecule has 19 heavy (non-hydrogen) atoms. The van der Waals surface area contributed by atoms with Crippen molar-refractivity contribution in [2.45, 2.75) is 18.2 Å². The van der Waals surface area contributed by atoms with E-state index in [1.54, 1.807) is 0 Å². The molecule has 1 aromatic carbocycles. The third-order valence-corrected chi connectivity index (χ3v) is 5.35. The Morgan fingerprint density at radius 1 is 1.42 bits per heavy atom. The highest BCUT2D eigenvalue weighted by Crippen LogP contribution is 2.29.